The van der Waals surface area contributed by atoms with Gasteiger partial charge in [0.15, 0.2) is 5.96 Å². The van der Waals surface area contributed by atoms with E-state index in [9.17, 15) is 0 Å². The minimum atomic E-state index is 0. The number of nitrogens with one attached hydrogen (secondary N) is 2. The van der Waals surface area contributed by atoms with Crippen molar-refractivity contribution in [1.29, 1.82) is 0 Å². The second-order valence-corrected chi connectivity index (χ2v) is 4.62. The van der Waals surface area contributed by atoms with Gasteiger partial charge in [-0.2, -0.15) is 0 Å². The molecule has 19 heavy (non-hydrogen) atoms. The van der Waals surface area contributed by atoms with Crippen LogP contribution < -0.4 is 10.6 Å². The van der Waals surface area contributed by atoms with E-state index in [0.717, 1.165) is 31.4 Å². The standard InChI is InChI=1S/C13H25N5.HI/c1-5-14-13(15-6-2)17-9-12-16-7-8-18(12)10-11(3)4;/h7-8,11H,5-6,9-10H2,1-4H3,(H2,14,15,17);1H. The Balaban J connectivity index is 0.00000324. The van der Waals surface area contributed by atoms with E-state index in [1.165, 1.54) is 0 Å². The highest BCUT2D eigenvalue weighted by atomic mass is 127. The molecule has 0 atom stereocenters. The average Bonchev–Trinajstić information content (AvgIpc) is 2.73. The fourth-order valence-electron chi connectivity index (χ4n) is 1.71. The number of hydrogen-bond acceptors (Lipinski definition) is 2. The van der Waals surface area contributed by atoms with Gasteiger partial charge in [0.25, 0.3) is 0 Å². The maximum Gasteiger partial charge on any atom is 0.191 e. The van der Waals surface area contributed by atoms with Gasteiger partial charge >= 0.3 is 0 Å². The molecule has 2 N–H and O–H groups in total. The molecule has 1 heterocycles. The van der Waals surface area contributed by atoms with Crippen LogP contribution in [0.3, 0.4) is 0 Å². The van der Waals surface area contributed by atoms with Gasteiger partial charge in [-0.3, -0.25) is 0 Å². The van der Waals surface area contributed by atoms with Gasteiger partial charge < -0.3 is 15.2 Å². The largest absolute Gasteiger partial charge is 0.357 e. The molecule has 1 rings (SSSR count). The predicted octanol–water partition coefficient (Wildman–Crippen LogP) is 2.23. The van der Waals surface area contributed by atoms with E-state index in [1.54, 1.807) is 0 Å². The molecule has 0 saturated carbocycles. The third-order valence-electron chi connectivity index (χ3n) is 2.43. The molecule has 0 radical (unpaired) electrons. The number of aliphatic imine (C=N–C) groups is 1. The summed E-state index contributed by atoms with van der Waals surface area (Å²) in [5.41, 5.74) is 0. The number of hydrogen-bond donors (Lipinski definition) is 2. The van der Waals surface area contributed by atoms with Crippen LogP contribution in [0.1, 0.15) is 33.5 Å². The predicted molar refractivity (Wildman–Crippen MR) is 91.0 cm³/mol. The molecular weight excluding hydrogens is 353 g/mol. The first-order chi connectivity index (χ1) is 8.67. The van der Waals surface area contributed by atoms with Crippen LogP contribution in [0.2, 0.25) is 0 Å². The van der Waals surface area contributed by atoms with Crippen molar-refractivity contribution in [2.75, 3.05) is 13.1 Å². The van der Waals surface area contributed by atoms with Crippen LogP contribution in [0.5, 0.6) is 0 Å². The Labute approximate surface area is 133 Å². The summed E-state index contributed by atoms with van der Waals surface area (Å²) in [5, 5.41) is 6.42. The Morgan fingerprint density at radius 2 is 1.95 bits per heavy atom. The van der Waals surface area contributed by atoms with Crippen molar-refractivity contribution in [3.8, 4) is 0 Å². The number of halogens is 1. The average molecular weight is 379 g/mol. The SMILES string of the molecule is CCNC(=NCc1nccn1CC(C)C)NCC.I. The molecule has 0 unspecified atom stereocenters. The van der Waals surface area contributed by atoms with E-state index < -0.39 is 0 Å². The van der Waals surface area contributed by atoms with Crippen LogP contribution in [-0.4, -0.2) is 28.6 Å². The van der Waals surface area contributed by atoms with Crippen LogP contribution in [0.25, 0.3) is 0 Å². The summed E-state index contributed by atoms with van der Waals surface area (Å²) in [4.78, 5) is 8.89. The van der Waals surface area contributed by atoms with Gasteiger partial charge in [-0.15, -0.1) is 24.0 Å². The Hall–Kier alpha value is -0.790. The summed E-state index contributed by atoms with van der Waals surface area (Å²) in [6.07, 6.45) is 3.86. The smallest absolute Gasteiger partial charge is 0.191 e. The zero-order chi connectivity index (χ0) is 13.4. The van der Waals surface area contributed by atoms with Crippen LogP contribution >= 0.6 is 24.0 Å². The lowest BCUT2D eigenvalue weighted by Crippen LogP contribution is -2.37. The van der Waals surface area contributed by atoms with Crippen molar-refractivity contribution in [1.82, 2.24) is 20.2 Å². The minimum absolute atomic E-state index is 0. The van der Waals surface area contributed by atoms with E-state index >= 15 is 0 Å². The minimum Gasteiger partial charge on any atom is -0.357 e. The second kappa shape index (κ2) is 10.1. The molecule has 0 aliphatic heterocycles. The zero-order valence-corrected chi connectivity index (χ0v) is 14.6. The highest BCUT2D eigenvalue weighted by Gasteiger charge is 2.04. The highest BCUT2D eigenvalue weighted by Crippen LogP contribution is 2.04. The lowest BCUT2D eigenvalue weighted by atomic mass is 10.2. The molecule has 0 aliphatic rings. The van der Waals surface area contributed by atoms with Crippen molar-refractivity contribution < 1.29 is 0 Å². The molecule has 110 valence electrons. The summed E-state index contributed by atoms with van der Waals surface area (Å²) >= 11 is 0. The number of rotatable bonds is 6. The molecule has 0 fully saturated rings. The number of guanidine groups is 1. The molecule has 0 spiro atoms. The van der Waals surface area contributed by atoms with Crippen LogP contribution in [0.15, 0.2) is 17.4 Å². The van der Waals surface area contributed by atoms with Crippen molar-refractivity contribution in [3.05, 3.63) is 18.2 Å². The van der Waals surface area contributed by atoms with E-state index in [4.69, 9.17) is 0 Å². The van der Waals surface area contributed by atoms with E-state index in [2.05, 4.69) is 52.9 Å². The van der Waals surface area contributed by atoms with Gasteiger partial charge in [-0.25, -0.2) is 9.98 Å². The molecule has 0 aromatic carbocycles. The van der Waals surface area contributed by atoms with Gasteiger partial charge in [0, 0.05) is 32.0 Å². The first-order valence-corrected chi connectivity index (χ1v) is 6.69. The molecule has 0 bridgehead atoms. The quantitative estimate of drug-likeness (QED) is 0.453. The monoisotopic (exact) mass is 379 g/mol. The molecule has 0 saturated heterocycles. The van der Waals surface area contributed by atoms with Gasteiger partial charge in [-0.1, -0.05) is 13.8 Å². The van der Waals surface area contributed by atoms with Gasteiger partial charge in [0.2, 0.25) is 0 Å². The zero-order valence-electron chi connectivity index (χ0n) is 12.3. The van der Waals surface area contributed by atoms with Crippen molar-refractivity contribution in [2.24, 2.45) is 10.9 Å². The molecule has 0 aliphatic carbocycles. The first-order valence-electron chi connectivity index (χ1n) is 6.69. The normalized spacial score (nSPS) is 9.95. The second-order valence-electron chi connectivity index (χ2n) is 4.62. The van der Waals surface area contributed by atoms with Crippen LogP contribution in [-0.2, 0) is 13.1 Å². The van der Waals surface area contributed by atoms with Crippen LogP contribution in [0.4, 0.5) is 0 Å². The summed E-state index contributed by atoms with van der Waals surface area (Å²) < 4.78 is 2.17. The number of nitrogens with zero attached hydrogens (tertiary/aromatic N) is 3. The Bertz CT molecular complexity index is 365. The summed E-state index contributed by atoms with van der Waals surface area (Å²) in [7, 11) is 0. The highest BCUT2D eigenvalue weighted by molar-refractivity contribution is 14.0. The first kappa shape index (κ1) is 18.2. The maximum atomic E-state index is 4.52. The lowest BCUT2D eigenvalue weighted by Gasteiger charge is -2.11. The molecule has 1 aromatic rings. The lowest BCUT2D eigenvalue weighted by molar-refractivity contribution is 0.507. The third-order valence-corrected chi connectivity index (χ3v) is 2.43. The molecule has 0 amide bonds. The number of imidazole rings is 1. The topological polar surface area (TPSA) is 54.2 Å². The van der Waals surface area contributed by atoms with Gasteiger partial charge in [0.05, 0.1) is 0 Å². The molecule has 5 nitrogen and oxygen atoms in total. The van der Waals surface area contributed by atoms with Gasteiger partial charge in [0.1, 0.15) is 12.4 Å². The van der Waals surface area contributed by atoms with Crippen LogP contribution in [0, 0.1) is 5.92 Å². The van der Waals surface area contributed by atoms with E-state index in [0.29, 0.717) is 12.5 Å². The Kier molecular flexibility index (Phi) is 9.63. The molecular formula is C13H26IN5. The van der Waals surface area contributed by atoms with Crippen molar-refractivity contribution >= 4 is 29.9 Å². The summed E-state index contributed by atoms with van der Waals surface area (Å²) in [5.74, 6) is 2.47. The Morgan fingerprint density at radius 1 is 1.32 bits per heavy atom. The third kappa shape index (κ3) is 6.79. The number of aromatic nitrogens is 2. The van der Waals surface area contributed by atoms with Crippen molar-refractivity contribution in [2.45, 2.75) is 40.8 Å². The fraction of sp³-hybridized carbons (Fsp3) is 0.692. The summed E-state index contributed by atoms with van der Waals surface area (Å²) in [6, 6.07) is 0. The maximum absolute atomic E-state index is 4.52. The van der Waals surface area contributed by atoms with E-state index in [-0.39, 0.29) is 24.0 Å². The van der Waals surface area contributed by atoms with E-state index in [1.807, 2.05) is 12.4 Å². The van der Waals surface area contributed by atoms with Crippen molar-refractivity contribution in [3.63, 3.8) is 0 Å². The van der Waals surface area contributed by atoms with Gasteiger partial charge in [-0.05, 0) is 19.8 Å². The summed E-state index contributed by atoms with van der Waals surface area (Å²) in [6.45, 7) is 11.9. The Morgan fingerprint density at radius 3 is 2.47 bits per heavy atom. The fourth-order valence-corrected chi connectivity index (χ4v) is 1.71. The molecule has 1 aromatic heterocycles. The molecule has 6 heteroatoms.